The Hall–Kier alpha value is -0.940. The van der Waals surface area contributed by atoms with Gasteiger partial charge in [0.15, 0.2) is 0 Å². The highest BCUT2D eigenvalue weighted by Crippen LogP contribution is 2.20. The van der Waals surface area contributed by atoms with Gasteiger partial charge in [-0.15, -0.1) is 0 Å². The molecule has 0 amide bonds. The minimum atomic E-state index is -1.15. The summed E-state index contributed by atoms with van der Waals surface area (Å²) >= 11 is 0. The van der Waals surface area contributed by atoms with Crippen LogP contribution in [0.1, 0.15) is 12.8 Å². The van der Waals surface area contributed by atoms with Crippen LogP contribution in [-0.4, -0.2) is 23.2 Å². The molecule has 0 aromatic heterocycles. The van der Waals surface area contributed by atoms with Gasteiger partial charge in [0, 0.05) is 23.9 Å². The fourth-order valence-electron chi connectivity index (χ4n) is 1.87. The first-order valence-corrected chi connectivity index (χ1v) is 7.00. The summed E-state index contributed by atoms with van der Waals surface area (Å²) in [6.07, 6.45) is 1.87. The van der Waals surface area contributed by atoms with Gasteiger partial charge in [0.25, 0.3) is 0 Å². The lowest BCUT2D eigenvalue weighted by Gasteiger charge is -2.21. The maximum Gasteiger partial charge on any atom is 0.147 e. The van der Waals surface area contributed by atoms with Crippen LogP contribution < -0.4 is 5.73 Å². The topological polar surface area (TPSA) is 52.3 Å². The molecule has 1 saturated heterocycles. The van der Waals surface area contributed by atoms with E-state index in [9.17, 15) is 8.60 Å². The van der Waals surface area contributed by atoms with Crippen molar-refractivity contribution in [3.63, 3.8) is 0 Å². The predicted molar refractivity (Wildman–Crippen MR) is 65.6 cm³/mol. The number of ether oxygens (including phenoxy) is 1. The van der Waals surface area contributed by atoms with E-state index in [1.165, 1.54) is 12.1 Å². The summed E-state index contributed by atoms with van der Waals surface area (Å²) < 4.78 is 30.5. The maximum atomic E-state index is 13.2. The molecule has 17 heavy (non-hydrogen) atoms. The Labute approximate surface area is 103 Å². The Morgan fingerprint density at radius 1 is 1.41 bits per heavy atom. The fraction of sp³-hybridized carbons (Fsp3) is 0.500. The molecule has 0 bridgehead atoms. The van der Waals surface area contributed by atoms with Gasteiger partial charge in [0.2, 0.25) is 0 Å². The van der Waals surface area contributed by atoms with Gasteiger partial charge in [-0.25, -0.2) is 4.39 Å². The first-order chi connectivity index (χ1) is 8.16. The summed E-state index contributed by atoms with van der Waals surface area (Å²) in [5.74, 6) is 0.486. The molecule has 1 aromatic carbocycles. The van der Waals surface area contributed by atoms with Crippen LogP contribution in [0.15, 0.2) is 23.1 Å². The normalized spacial score (nSPS) is 19.1. The van der Waals surface area contributed by atoms with Crippen LogP contribution in [0.3, 0.4) is 0 Å². The van der Waals surface area contributed by atoms with Gasteiger partial charge in [-0.3, -0.25) is 4.21 Å². The molecule has 94 valence electrons. The highest BCUT2D eigenvalue weighted by atomic mass is 32.2. The first-order valence-electron chi connectivity index (χ1n) is 5.68. The smallest absolute Gasteiger partial charge is 0.147 e. The van der Waals surface area contributed by atoms with E-state index in [0.29, 0.717) is 16.6 Å². The fourth-order valence-corrected chi connectivity index (χ4v) is 3.28. The number of halogens is 1. The van der Waals surface area contributed by atoms with E-state index in [0.717, 1.165) is 26.1 Å². The molecule has 1 aliphatic heterocycles. The summed E-state index contributed by atoms with van der Waals surface area (Å²) in [4.78, 5) is 0.517. The number of hydrogen-bond acceptors (Lipinski definition) is 3. The Kier molecular flexibility index (Phi) is 4.12. The summed E-state index contributed by atoms with van der Waals surface area (Å²) in [7, 11) is -1.15. The summed E-state index contributed by atoms with van der Waals surface area (Å²) in [5.41, 5.74) is 5.48. The van der Waals surface area contributed by atoms with E-state index in [-0.39, 0.29) is 5.69 Å². The van der Waals surface area contributed by atoms with Gasteiger partial charge in [0.1, 0.15) is 5.82 Å². The Morgan fingerprint density at radius 2 is 2.12 bits per heavy atom. The van der Waals surface area contributed by atoms with Gasteiger partial charge < -0.3 is 10.5 Å². The SMILES string of the molecule is Nc1ccc(S(=O)CC2CCOCC2)cc1F. The van der Waals surface area contributed by atoms with Crippen molar-refractivity contribution in [3.05, 3.63) is 24.0 Å². The number of nitrogens with two attached hydrogens (primary N) is 1. The average molecular weight is 257 g/mol. The van der Waals surface area contributed by atoms with E-state index in [2.05, 4.69) is 0 Å². The van der Waals surface area contributed by atoms with Crippen molar-refractivity contribution in [1.29, 1.82) is 0 Å². The van der Waals surface area contributed by atoms with E-state index in [1.807, 2.05) is 0 Å². The number of rotatable bonds is 3. The minimum Gasteiger partial charge on any atom is -0.396 e. The molecule has 1 unspecified atom stereocenters. The molecule has 1 atom stereocenters. The molecular weight excluding hydrogens is 241 g/mol. The van der Waals surface area contributed by atoms with Crippen LogP contribution in [0.25, 0.3) is 0 Å². The monoisotopic (exact) mass is 257 g/mol. The zero-order valence-corrected chi connectivity index (χ0v) is 10.3. The third-order valence-corrected chi connectivity index (χ3v) is 4.52. The van der Waals surface area contributed by atoms with Crippen molar-refractivity contribution in [2.75, 3.05) is 24.7 Å². The molecule has 1 aromatic rings. The Morgan fingerprint density at radius 3 is 2.76 bits per heavy atom. The quantitative estimate of drug-likeness (QED) is 0.842. The second kappa shape index (κ2) is 5.60. The largest absolute Gasteiger partial charge is 0.396 e. The molecule has 1 heterocycles. The van der Waals surface area contributed by atoms with Crippen LogP contribution in [0.2, 0.25) is 0 Å². The Bertz CT molecular complexity index is 419. The zero-order chi connectivity index (χ0) is 12.3. The number of hydrogen-bond donors (Lipinski definition) is 1. The highest BCUT2D eigenvalue weighted by molar-refractivity contribution is 7.85. The molecule has 2 rings (SSSR count). The third-order valence-electron chi connectivity index (χ3n) is 2.96. The molecule has 5 heteroatoms. The maximum absolute atomic E-state index is 13.2. The zero-order valence-electron chi connectivity index (χ0n) is 9.52. The van der Waals surface area contributed by atoms with Crippen LogP contribution in [-0.2, 0) is 15.5 Å². The van der Waals surface area contributed by atoms with Gasteiger partial charge >= 0.3 is 0 Å². The lowest BCUT2D eigenvalue weighted by Crippen LogP contribution is -2.21. The molecule has 1 aliphatic rings. The molecular formula is C12H16FNO2S. The van der Waals surface area contributed by atoms with E-state index in [1.54, 1.807) is 6.07 Å². The molecule has 0 saturated carbocycles. The van der Waals surface area contributed by atoms with Gasteiger partial charge in [-0.1, -0.05) is 0 Å². The molecule has 3 nitrogen and oxygen atoms in total. The van der Waals surface area contributed by atoms with Crippen molar-refractivity contribution in [1.82, 2.24) is 0 Å². The van der Waals surface area contributed by atoms with Crippen molar-refractivity contribution >= 4 is 16.5 Å². The lowest BCUT2D eigenvalue weighted by molar-refractivity contribution is 0.0725. The van der Waals surface area contributed by atoms with E-state index in [4.69, 9.17) is 10.5 Å². The molecule has 2 N–H and O–H groups in total. The van der Waals surface area contributed by atoms with Crippen molar-refractivity contribution < 1.29 is 13.3 Å². The van der Waals surface area contributed by atoms with Crippen molar-refractivity contribution in [2.24, 2.45) is 5.92 Å². The van der Waals surface area contributed by atoms with Crippen LogP contribution in [0, 0.1) is 11.7 Å². The van der Waals surface area contributed by atoms with Crippen molar-refractivity contribution in [2.45, 2.75) is 17.7 Å². The van der Waals surface area contributed by atoms with E-state index >= 15 is 0 Å². The lowest BCUT2D eigenvalue weighted by atomic mass is 10.0. The van der Waals surface area contributed by atoms with Gasteiger partial charge in [0.05, 0.1) is 16.5 Å². The minimum absolute atomic E-state index is 0.0943. The number of anilines is 1. The number of benzene rings is 1. The summed E-state index contributed by atoms with van der Waals surface area (Å²) in [6, 6.07) is 4.37. The highest BCUT2D eigenvalue weighted by Gasteiger charge is 2.18. The second-order valence-electron chi connectivity index (χ2n) is 4.25. The molecule has 0 aliphatic carbocycles. The first kappa shape index (κ1) is 12.5. The Balaban J connectivity index is 2.01. The molecule has 0 radical (unpaired) electrons. The summed E-state index contributed by atoms with van der Waals surface area (Å²) in [6.45, 7) is 1.47. The standard InChI is InChI=1S/C12H16FNO2S/c13-11-7-10(1-2-12(11)14)17(15)8-9-3-5-16-6-4-9/h1-2,7,9H,3-6,8,14H2. The predicted octanol–water partition coefficient (Wildman–Crippen LogP) is 1.94. The average Bonchev–Trinajstić information content (AvgIpc) is 2.34. The van der Waals surface area contributed by atoms with Crippen LogP contribution in [0.5, 0.6) is 0 Å². The van der Waals surface area contributed by atoms with Crippen LogP contribution >= 0.6 is 0 Å². The molecule has 1 fully saturated rings. The number of nitrogen functional groups attached to an aromatic ring is 1. The summed E-state index contributed by atoms with van der Waals surface area (Å²) in [5, 5.41) is 0. The van der Waals surface area contributed by atoms with Crippen LogP contribution in [0.4, 0.5) is 10.1 Å². The van der Waals surface area contributed by atoms with Gasteiger partial charge in [-0.05, 0) is 37.0 Å². The second-order valence-corrected chi connectivity index (χ2v) is 5.75. The van der Waals surface area contributed by atoms with Gasteiger partial charge in [-0.2, -0.15) is 0 Å². The third kappa shape index (κ3) is 3.26. The van der Waals surface area contributed by atoms with E-state index < -0.39 is 16.6 Å². The van der Waals surface area contributed by atoms with Crippen molar-refractivity contribution in [3.8, 4) is 0 Å². The molecule has 0 spiro atoms.